The van der Waals surface area contributed by atoms with Gasteiger partial charge in [-0.3, -0.25) is 9.59 Å². The summed E-state index contributed by atoms with van der Waals surface area (Å²) in [5, 5.41) is 4.10. The van der Waals surface area contributed by atoms with Crippen molar-refractivity contribution in [3.05, 3.63) is 71.8 Å². The van der Waals surface area contributed by atoms with Crippen LogP contribution in [-0.2, 0) is 14.3 Å². The fourth-order valence-corrected chi connectivity index (χ4v) is 2.20. The van der Waals surface area contributed by atoms with Gasteiger partial charge < -0.3 is 15.4 Å². The minimum Gasteiger partial charge on any atom is -0.454 e. The highest BCUT2D eigenvalue weighted by Crippen LogP contribution is 2.16. The monoisotopic (exact) mass is 394 g/mol. The molecule has 2 rings (SSSR count). The molecular formula is C19H17F3N2O4. The maximum Gasteiger partial charge on any atom is 0.405 e. The van der Waals surface area contributed by atoms with Crippen LogP contribution < -0.4 is 10.6 Å². The molecule has 28 heavy (non-hydrogen) atoms. The largest absolute Gasteiger partial charge is 0.454 e. The lowest BCUT2D eigenvalue weighted by Crippen LogP contribution is -2.39. The van der Waals surface area contributed by atoms with Crippen LogP contribution >= 0.6 is 0 Å². The van der Waals surface area contributed by atoms with E-state index < -0.39 is 43.2 Å². The third-order valence-corrected chi connectivity index (χ3v) is 3.51. The smallest absolute Gasteiger partial charge is 0.405 e. The van der Waals surface area contributed by atoms with Crippen LogP contribution in [0.5, 0.6) is 0 Å². The Bertz CT molecular complexity index is 811. The molecule has 0 saturated heterocycles. The maximum absolute atomic E-state index is 12.4. The van der Waals surface area contributed by atoms with Crippen molar-refractivity contribution in [1.82, 2.24) is 10.6 Å². The number of halogens is 3. The van der Waals surface area contributed by atoms with Gasteiger partial charge in [0.2, 0.25) is 0 Å². The molecule has 1 atom stereocenters. The number of amides is 2. The molecule has 9 heteroatoms. The van der Waals surface area contributed by atoms with Crippen molar-refractivity contribution in [2.24, 2.45) is 0 Å². The molecule has 148 valence electrons. The second-order valence-corrected chi connectivity index (χ2v) is 5.68. The standard InChI is InChI=1S/C19H17F3N2O4/c20-19(21,22)12-23-15(25)11-28-18(27)16(13-7-3-1-4-8-13)24-17(26)14-9-5-2-6-10-14/h1-10,16H,11-12H2,(H,23,25)(H,24,26). The fourth-order valence-electron chi connectivity index (χ4n) is 2.20. The van der Waals surface area contributed by atoms with Crippen LogP contribution in [0.3, 0.4) is 0 Å². The van der Waals surface area contributed by atoms with E-state index in [0.717, 1.165) is 0 Å². The number of ether oxygens (including phenoxy) is 1. The SMILES string of the molecule is O=C(COC(=O)C(NC(=O)c1ccccc1)c1ccccc1)NCC(F)(F)F. The van der Waals surface area contributed by atoms with Crippen molar-refractivity contribution >= 4 is 17.8 Å². The summed E-state index contributed by atoms with van der Waals surface area (Å²) in [5.41, 5.74) is 0.701. The molecule has 0 aliphatic rings. The molecular weight excluding hydrogens is 377 g/mol. The third kappa shape index (κ3) is 6.75. The normalized spacial score (nSPS) is 12.0. The number of esters is 1. The van der Waals surface area contributed by atoms with Crippen LogP contribution in [0.2, 0.25) is 0 Å². The van der Waals surface area contributed by atoms with Crippen molar-refractivity contribution in [3.8, 4) is 0 Å². The molecule has 2 N–H and O–H groups in total. The molecule has 0 radical (unpaired) electrons. The molecule has 0 bridgehead atoms. The van der Waals surface area contributed by atoms with Crippen LogP contribution in [0, 0.1) is 0 Å². The number of carbonyl (C=O) groups excluding carboxylic acids is 3. The van der Waals surface area contributed by atoms with Gasteiger partial charge in [0.15, 0.2) is 12.6 Å². The van der Waals surface area contributed by atoms with Crippen molar-refractivity contribution in [3.63, 3.8) is 0 Å². The van der Waals surface area contributed by atoms with Crippen molar-refractivity contribution < 1.29 is 32.3 Å². The molecule has 0 spiro atoms. The summed E-state index contributed by atoms with van der Waals surface area (Å²) in [6, 6.07) is 15.0. The van der Waals surface area contributed by atoms with Gasteiger partial charge in [0.1, 0.15) is 6.54 Å². The second kappa shape index (κ2) is 9.54. The molecule has 1 unspecified atom stereocenters. The Hall–Kier alpha value is -3.36. The van der Waals surface area contributed by atoms with Gasteiger partial charge in [-0.1, -0.05) is 48.5 Å². The Morgan fingerprint density at radius 3 is 2.07 bits per heavy atom. The highest BCUT2D eigenvalue weighted by Gasteiger charge is 2.29. The van der Waals surface area contributed by atoms with Gasteiger partial charge in [-0.05, 0) is 17.7 Å². The van der Waals surface area contributed by atoms with E-state index in [-0.39, 0.29) is 0 Å². The van der Waals surface area contributed by atoms with Crippen LogP contribution in [0.4, 0.5) is 13.2 Å². The Labute approximate surface area is 158 Å². The van der Waals surface area contributed by atoms with Gasteiger partial charge >= 0.3 is 12.1 Å². The first-order chi connectivity index (χ1) is 13.3. The summed E-state index contributed by atoms with van der Waals surface area (Å²) in [4.78, 5) is 36.2. The van der Waals surface area contributed by atoms with Gasteiger partial charge in [-0.15, -0.1) is 0 Å². The quantitative estimate of drug-likeness (QED) is 0.707. The van der Waals surface area contributed by atoms with Crippen LogP contribution in [-0.4, -0.2) is 37.1 Å². The van der Waals surface area contributed by atoms with E-state index in [2.05, 4.69) is 5.32 Å². The molecule has 2 amide bonds. The molecule has 0 aromatic heterocycles. The van der Waals surface area contributed by atoms with Gasteiger partial charge in [-0.2, -0.15) is 13.2 Å². The van der Waals surface area contributed by atoms with Crippen LogP contribution in [0.1, 0.15) is 22.0 Å². The summed E-state index contributed by atoms with van der Waals surface area (Å²) in [7, 11) is 0. The van der Waals surface area contributed by atoms with Crippen LogP contribution in [0.15, 0.2) is 60.7 Å². The second-order valence-electron chi connectivity index (χ2n) is 5.68. The Balaban J connectivity index is 2.04. The predicted octanol–water partition coefficient (Wildman–Crippen LogP) is 2.38. The highest BCUT2D eigenvalue weighted by atomic mass is 19.4. The zero-order valence-electron chi connectivity index (χ0n) is 14.5. The first-order valence-corrected chi connectivity index (χ1v) is 8.17. The molecule has 0 saturated carbocycles. The number of hydrogen-bond acceptors (Lipinski definition) is 4. The van der Waals surface area contributed by atoms with Crippen molar-refractivity contribution in [2.45, 2.75) is 12.2 Å². The first kappa shape index (κ1) is 20.9. The van der Waals surface area contributed by atoms with Crippen molar-refractivity contribution in [2.75, 3.05) is 13.2 Å². The Kier molecular flexibility index (Phi) is 7.14. The minimum absolute atomic E-state index is 0.305. The van der Waals surface area contributed by atoms with E-state index in [1.54, 1.807) is 66.0 Å². The number of benzene rings is 2. The van der Waals surface area contributed by atoms with Crippen molar-refractivity contribution in [1.29, 1.82) is 0 Å². The summed E-state index contributed by atoms with van der Waals surface area (Å²) in [5.74, 6) is -2.63. The molecule has 6 nitrogen and oxygen atoms in total. The lowest BCUT2D eigenvalue weighted by atomic mass is 10.1. The topological polar surface area (TPSA) is 84.5 Å². The molecule has 0 aliphatic carbocycles. The highest BCUT2D eigenvalue weighted by molar-refractivity contribution is 5.97. The van der Waals surface area contributed by atoms with E-state index in [0.29, 0.717) is 11.1 Å². The van der Waals surface area contributed by atoms with Gasteiger partial charge in [-0.25, -0.2) is 4.79 Å². The Morgan fingerprint density at radius 1 is 0.929 bits per heavy atom. The number of hydrogen-bond donors (Lipinski definition) is 2. The maximum atomic E-state index is 12.4. The van der Waals surface area contributed by atoms with Gasteiger partial charge in [0.05, 0.1) is 0 Å². The first-order valence-electron chi connectivity index (χ1n) is 8.17. The molecule has 0 fully saturated rings. The molecule has 2 aromatic carbocycles. The third-order valence-electron chi connectivity index (χ3n) is 3.51. The average Bonchev–Trinajstić information content (AvgIpc) is 2.69. The summed E-state index contributed by atoms with van der Waals surface area (Å²) in [6.45, 7) is -2.43. The summed E-state index contributed by atoms with van der Waals surface area (Å²) >= 11 is 0. The van der Waals surface area contributed by atoms with Crippen LogP contribution in [0.25, 0.3) is 0 Å². The summed E-state index contributed by atoms with van der Waals surface area (Å²) < 4.78 is 41.1. The lowest BCUT2D eigenvalue weighted by Gasteiger charge is -2.18. The van der Waals surface area contributed by atoms with E-state index in [4.69, 9.17) is 4.74 Å². The zero-order chi connectivity index (χ0) is 20.6. The predicted molar refractivity (Wildman–Crippen MR) is 93.1 cm³/mol. The number of alkyl halides is 3. The molecule has 0 aliphatic heterocycles. The van der Waals surface area contributed by atoms with E-state index in [1.165, 1.54) is 0 Å². The van der Waals surface area contributed by atoms with E-state index in [1.807, 2.05) is 0 Å². The fraction of sp³-hybridized carbons (Fsp3) is 0.211. The number of carbonyl (C=O) groups is 3. The molecule has 2 aromatic rings. The Morgan fingerprint density at radius 2 is 1.50 bits per heavy atom. The number of nitrogens with one attached hydrogen (secondary N) is 2. The van der Waals surface area contributed by atoms with E-state index in [9.17, 15) is 27.6 Å². The summed E-state index contributed by atoms with van der Waals surface area (Å²) in [6.07, 6.45) is -4.57. The number of rotatable bonds is 7. The van der Waals surface area contributed by atoms with Gasteiger partial charge in [0, 0.05) is 5.56 Å². The zero-order valence-corrected chi connectivity index (χ0v) is 14.5. The molecule has 0 heterocycles. The lowest BCUT2D eigenvalue weighted by molar-refractivity contribution is -0.153. The average molecular weight is 394 g/mol. The van der Waals surface area contributed by atoms with E-state index >= 15 is 0 Å². The van der Waals surface area contributed by atoms with Gasteiger partial charge in [0.25, 0.3) is 11.8 Å². The minimum atomic E-state index is -4.57.